The summed E-state index contributed by atoms with van der Waals surface area (Å²) in [5.74, 6) is 0. The largest absolute Gasteiger partial charge is 0.278 e. The lowest BCUT2D eigenvalue weighted by Gasteiger charge is -2.03. The molecule has 0 atom stereocenters. The van der Waals surface area contributed by atoms with Crippen molar-refractivity contribution in [3.05, 3.63) is 29.5 Å². The normalized spacial score (nSPS) is 11.0. The highest BCUT2D eigenvalue weighted by atomic mass is 15.1. The second-order valence-corrected chi connectivity index (χ2v) is 3.80. The molecule has 2 nitrogen and oxygen atoms in total. The van der Waals surface area contributed by atoms with Crippen LogP contribution in [-0.4, -0.2) is 10.2 Å². The van der Waals surface area contributed by atoms with E-state index in [2.05, 4.69) is 36.2 Å². The van der Waals surface area contributed by atoms with Gasteiger partial charge in [0, 0.05) is 5.39 Å². The van der Waals surface area contributed by atoms with E-state index >= 15 is 0 Å². The predicted octanol–water partition coefficient (Wildman–Crippen LogP) is 3.21. The molecule has 2 heteroatoms. The second kappa shape index (κ2) is 3.82. The van der Waals surface area contributed by atoms with E-state index in [0.717, 1.165) is 6.42 Å². The smallest absolute Gasteiger partial charge is 0.0682 e. The fourth-order valence-corrected chi connectivity index (χ4v) is 1.81. The van der Waals surface area contributed by atoms with Crippen molar-refractivity contribution < 1.29 is 0 Å². The van der Waals surface area contributed by atoms with E-state index in [1.807, 2.05) is 6.20 Å². The van der Waals surface area contributed by atoms with Crippen LogP contribution in [0.25, 0.3) is 10.9 Å². The Morgan fingerprint density at radius 2 is 2.21 bits per heavy atom. The molecule has 0 amide bonds. The van der Waals surface area contributed by atoms with Gasteiger partial charge in [0.15, 0.2) is 0 Å². The van der Waals surface area contributed by atoms with Gasteiger partial charge in [0.25, 0.3) is 0 Å². The molecular weight excluding hydrogens is 172 g/mol. The zero-order chi connectivity index (χ0) is 9.97. The highest BCUT2D eigenvalue weighted by Crippen LogP contribution is 2.21. The van der Waals surface area contributed by atoms with Crippen LogP contribution in [-0.2, 0) is 6.42 Å². The minimum absolute atomic E-state index is 1.16. The minimum atomic E-state index is 1.16. The number of nitrogens with zero attached hydrogens (tertiary/aromatic N) is 1. The van der Waals surface area contributed by atoms with Gasteiger partial charge in [-0.2, -0.15) is 5.10 Å². The number of hydrogen-bond acceptors (Lipinski definition) is 1. The summed E-state index contributed by atoms with van der Waals surface area (Å²) < 4.78 is 0. The summed E-state index contributed by atoms with van der Waals surface area (Å²) in [6, 6.07) is 4.40. The molecule has 0 radical (unpaired) electrons. The quantitative estimate of drug-likeness (QED) is 0.787. The molecule has 0 spiro atoms. The Hall–Kier alpha value is -1.31. The summed E-state index contributed by atoms with van der Waals surface area (Å²) in [5, 5.41) is 8.45. The van der Waals surface area contributed by atoms with Crippen LogP contribution in [0, 0.1) is 6.92 Å². The van der Waals surface area contributed by atoms with Crippen molar-refractivity contribution >= 4 is 10.9 Å². The van der Waals surface area contributed by atoms with Crippen LogP contribution in [0.4, 0.5) is 0 Å². The standard InChI is InChI=1S/C12H16N2/c1-3-4-5-10-7-6-9(2)12-11(10)8-13-14-12/h6-8H,3-5H2,1-2H3,(H,13,14). The third-order valence-electron chi connectivity index (χ3n) is 2.71. The highest BCUT2D eigenvalue weighted by molar-refractivity contribution is 5.84. The van der Waals surface area contributed by atoms with Crippen molar-refractivity contribution in [1.29, 1.82) is 0 Å². The molecule has 0 aliphatic carbocycles. The maximum Gasteiger partial charge on any atom is 0.0682 e. The summed E-state index contributed by atoms with van der Waals surface area (Å²) in [7, 11) is 0. The lowest BCUT2D eigenvalue weighted by atomic mass is 10.0. The number of nitrogens with one attached hydrogen (secondary N) is 1. The first-order valence-corrected chi connectivity index (χ1v) is 5.24. The number of hydrogen-bond donors (Lipinski definition) is 1. The molecule has 2 rings (SSSR count). The summed E-state index contributed by atoms with van der Waals surface area (Å²) in [6.45, 7) is 4.34. The Morgan fingerprint density at radius 3 is 3.00 bits per heavy atom. The average molecular weight is 188 g/mol. The van der Waals surface area contributed by atoms with Gasteiger partial charge in [0.1, 0.15) is 0 Å². The number of aryl methyl sites for hydroxylation is 2. The van der Waals surface area contributed by atoms with E-state index in [4.69, 9.17) is 0 Å². The van der Waals surface area contributed by atoms with Gasteiger partial charge in [-0.05, 0) is 30.9 Å². The highest BCUT2D eigenvalue weighted by Gasteiger charge is 2.04. The molecule has 2 aromatic rings. The van der Waals surface area contributed by atoms with Crippen molar-refractivity contribution in [2.75, 3.05) is 0 Å². The first kappa shape index (κ1) is 9.25. The van der Waals surface area contributed by atoms with Crippen LogP contribution in [0.15, 0.2) is 18.3 Å². The fraction of sp³-hybridized carbons (Fsp3) is 0.417. The van der Waals surface area contributed by atoms with Crippen molar-refractivity contribution in [3.8, 4) is 0 Å². The van der Waals surface area contributed by atoms with Gasteiger partial charge in [-0.15, -0.1) is 0 Å². The van der Waals surface area contributed by atoms with E-state index in [-0.39, 0.29) is 0 Å². The van der Waals surface area contributed by atoms with Gasteiger partial charge in [-0.25, -0.2) is 0 Å². The van der Waals surface area contributed by atoms with E-state index in [1.54, 1.807) is 0 Å². The van der Waals surface area contributed by atoms with Crippen LogP contribution in [0.1, 0.15) is 30.9 Å². The van der Waals surface area contributed by atoms with Crippen molar-refractivity contribution in [2.45, 2.75) is 33.1 Å². The fourth-order valence-electron chi connectivity index (χ4n) is 1.81. The van der Waals surface area contributed by atoms with Crippen molar-refractivity contribution in [2.24, 2.45) is 0 Å². The molecule has 1 heterocycles. The van der Waals surface area contributed by atoms with Gasteiger partial charge >= 0.3 is 0 Å². The molecule has 0 fully saturated rings. The van der Waals surface area contributed by atoms with Gasteiger partial charge in [-0.1, -0.05) is 25.5 Å². The van der Waals surface area contributed by atoms with Gasteiger partial charge in [-0.3, -0.25) is 5.10 Å². The third kappa shape index (κ3) is 1.52. The Kier molecular flexibility index (Phi) is 2.53. The van der Waals surface area contributed by atoms with E-state index in [1.165, 1.54) is 34.9 Å². The van der Waals surface area contributed by atoms with E-state index in [9.17, 15) is 0 Å². The SMILES string of the molecule is CCCCc1ccc(C)c2[nH]ncc12. The van der Waals surface area contributed by atoms with E-state index < -0.39 is 0 Å². The van der Waals surface area contributed by atoms with Crippen LogP contribution >= 0.6 is 0 Å². The molecule has 1 N–H and O–H groups in total. The Balaban J connectivity index is 2.45. The number of rotatable bonds is 3. The van der Waals surface area contributed by atoms with Crippen LogP contribution < -0.4 is 0 Å². The summed E-state index contributed by atoms with van der Waals surface area (Å²) in [4.78, 5) is 0. The van der Waals surface area contributed by atoms with Crippen LogP contribution in [0.2, 0.25) is 0 Å². The van der Waals surface area contributed by atoms with Crippen molar-refractivity contribution in [3.63, 3.8) is 0 Å². The molecule has 0 saturated heterocycles. The molecule has 1 aromatic heterocycles. The average Bonchev–Trinajstić information content (AvgIpc) is 2.66. The van der Waals surface area contributed by atoms with E-state index in [0.29, 0.717) is 0 Å². The summed E-state index contributed by atoms with van der Waals surface area (Å²) in [5.41, 5.74) is 3.89. The molecule has 0 aliphatic rings. The second-order valence-electron chi connectivity index (χ2n) is 3.80. The number of unbranched alkanes of at least 4 members (excludes halogenated alkanes) is 1. The van der Waals surface area contributed by atoms with Crippen LogP contribution in [0.5, 0.6) is 0 Å². The maximum absolute atomic E-state index is 4.11. The molecule has 0 bridgehead atoms. The Labute approximate surface area is 84.3 Å². The topological polar surface area (TPSA) is 28.7 Å². The van der Waals surface area contributed by atoms with Gasteiger partial charge < -0.3 is 0 Å². The number of benzene rings is 1. The predicted molar refractivity (Wildman–Crippen MR) is 59.4 cm³/mol. The molecule has 0 unspecified atom stereocenters. The maximum atomic E-state index is 4.11. The number of fused-ring (bicyclic) bond motifs is 1. The zero-order valence-corrected chi connectivity index (χ0v) is 8.80. The Bertz CT molecular complexity index is 429. The molecular formula is C12H16N2. The summed E-state index contributed by atoms with van der Waals surface area (Å²) in [6.07, 6.45) is 5.59. The van der Waals surface area contributed by atoms with Crippen molar-refractivity contribution in [1.82, 2.24) is 10.2 Å². The lowest BCUT2D eigenvalue weighted by Crippen LogP contribution is -1.87. The molecule has 74 valence electrons. The molecule has 14 heavy (non-hydrogen) atoms. The lowest BCUT2D eigenvalue weighted by molar-refractivity contribution is 0.799. The first-order chi connectivity index (χ1) is 6.83. The molecule has 1 aromatic carbocycles. The molecule has 0 aliphatic heterocycles. The first-order valence-electron chi connectivity index (χ1n) is 5.24. The van der Waals surface area contributed by atoms with Gasteiger partial charge in [0.2, 0.25) is 0 Å². The summed E-state index contributed by atoms with van der Waals surface area (Å²) >= 11 is 0. The number of H-pyrrole nitrogens is 1. The zero-order valence-electron chi connectivity index (χ0n) is 8.80. The number of aromatic amines is 1. The molecule has 0 saturated carbocycles. The monoisotopic (exact) mass is 188 g/mol. The number of aromatic nitrogens is 2. The Morgan fingerprint density at radius 1 is 1.36 bits per heavy atom. The van der Waals surface area contributed by atoms with Crippen LogP contribution in [0.3, 0.4) is 0 Å². The van der Waals surface area contributed by atoms with Gasteiger partial charge in [0.05, 0.1) is 11.7 Å². The third-order valence-corrected chi connectivity index (χ3v) is 2.71. The minimum Gasteiger partial charge on any atom is -0.278 e.